The molecule has 3 aromatic heterocycles. The molecule has 12 heteroatoms. The molecule has 184 valence electrons. The number of fused-ring (bicyclic) bond motifs is 1. The van der Waals surface area contributed by atoms with E-state index in [4.69, 9.17) is 14.2 Å². The highest BCUT2D eigenvalue weighted by Gasteiger charge is 2.29. The Morgan fingerprint density at radius 1 is 1.14 bits per heavy atom. The molecule has 11 nitrogen and oxygen atoms in total. The fraction of sp³-hybridized carbons (Fsp3) is 0.304. The first kappa shape index (κ1) is 24.2. The monoisotopic (exact) mass is 499 g/mol. The van der Waals surface area contributed by atoms with Crippen molar-refractivity contribution in [1.82, 2.24) is 15.0 Å². The number of carbonyl (C=O) groups excluding carboxylic acids is 1. The van der Waals surface area contributed by atoms with Crippen LogP contribution in [0.5, 0.6) is 17.4 Å². The first-order valence-corrected chi connectivity index (χ1v) is 12.5. The molecule has 1 aliphatic rings. The number of nitrogens with zero attached hydrogens (tertiary/aromatic N) is 3. The average molecular weight is 500 g/mol. The van der Waals surface area contributed by atoms with Gasteiger partial charge in [-0.2, -0.15) is 0 Å². The molecule has 0 saturated heterocycles. The van der Waals surface area contributed by atoms with Gasteiger partial charge in [-0.1, -0.05) is 0 Å². The van der Waals surface area contributed by atoms with E-state index in [9.17, 15) is 13.2 Å². The topological polar surface area (TPSA) is 142 Å². The minimum atomic E-state index is -3.60. The summed E-state index contributed by atoms with van der Waals surface area (Å²) in [5, 5.41) is 5.58. The molecule has 0 spiro atoms. The standard InChI is InChI=1S/C23H25N5O6S/c1-13(29)25-19-10-17(26-20-8-14(32-4)9-21(28-20)35(5,30)31)15(11-24-19)16-6-7-18-22(27-16)33-12-23(2,3)34-18/h6-11H,12H2,1-5H3,(H2,24,25,26,28,29). The first-order valence-electron chi connectivity index (χ1n) is 10.6. The fourth-order valence-electron chi connectivity index (χ4n) is 3.33. The second-order valence-electron chi connectivity index (χ2n) is 8.57. The minimum Gasteiger partial charge on any atom is -0.497 e. The fourth-order valence-corrected chi connectivity index (χ4v) is 3.93. The summed E-state index contributed by atoms with van der Waals surface area (Å²) < 4.78 is 41.2. The Morgan fingerprint density at radius 3 is 2.60 bits per heavy atom. The molecule has 0 aromatic carbocycles. The van der Waals surface area contributed by atoms with Crippen molar-refractivity contribution in [2.75, 3.05) is 30.6 Å². The first-order chi connectivity index (χ1) is 16.4. The van der Waals surface area contributed by atoms with Crippen LogP contribution >= 0.6 is 0 Å². The zero-order valence-corrected chi connectivity index (χ0v) is 20.7. The van der Waals surface area contributed by atoms with Gasteiger partial charge in [0.2, 0.25) is 5.91 Å². The number of rotatable bonds is 6. The van der Waals surface area contributed by atoms with E-state index >= 15 is 0 Å². The van der Waals surface area contributed by atoms with Gasteiger partial charge < -0.3 is 24.8 Å². The smallest absolute Gasteiger partial charge is 0.257 e. The highest BCUT2D eigenvalue weighted by Crippen LogP contribution is 2.38. The van der Waals surface area contributed by atoms with Gasteiger partial charge in [0.15, 0.2) is 20.6 Å². The number of hydrogen-bond acceptors (Lipinski definition) is 10. The summed E-state index contributed by atoms with van der Waals surface area (Å²) in [7, 11) is -2.17. The van der Waals surface area contributed by atoms with E-state index in [1.54, 1.807) is 24.3 Å². The van der Waals surface area contributed by atoms with Crippen molar-refractivity contribution in [3.63, 3.8) is 0 Å². The number of amides is 1. The summed E-state index contributed by atoms with van der Waals surface area (Å²) >= 11 is 0. The summed E-state index contributed by atoms with van der Waals surface area (Å²) in [5.41, 5.74) is 1.07. The van der Waals surface area contributed by atoms with Gasteiger partial charge in [0.1, 0.15) is 29.6 Å². The molecule has 0 unspecified atom stereocenters. The number of anilines is 3. The van der Waals surface area contributed by atoms with Gasteiger partial charge in [-0.3, -0.25) is 4.79 Å². The molecule has 0 saturated carbocycles. The van der Waals surface area contributed by atoms with Crippen LogP contribution in [-0.4, -0.2) is 54.9 Å². The van der Waals surface area contributed by atoms with Crippen LogP contribution in [0, 0.1) is 0 Å². The summed E-state index contributed by atoms with van der Waals surface area (Å²) in [4.78, 5) is 24.7. The lowest BCUT2D eigenvalue weighted by molar-refractivity contribution is -0.114. The Hall–Kier alpha value is -3.93. The third-order valence-corrected chi connectivity index (χ3v) is 5.87. The largest absolute Gasteiger partial charge is 0.497 e. The molecule has 0 radical (unpaired) electrons. The lowest BCUT2D eigenvalue weighted by Crippen LogP contribution is -2.39. The molecule has 4 rings (SSSR count). The molecule has 0 bridgehead atoms. The molecule has 0 fully saturated rings. The van der Waals surface area contributed by atoms with Crippen molar-refractivity contribution in [2.45, 2.75) is 31.4 Å². The normalized spacial score (nSPS) is 14.2. The number of pyridine rings is 3. The van der Waals surface area contributed by atoms with Crippen molar-refractivity contribution in [2.24, 2.45) is 0 Å². The molecule has 2 N–H and O–H groups in total. The molecule has 4 heterocycles. The van der Waals surface area contributed by atoms with Crippen LogP contribution in [0.3, 0.4) is 0 Å². The third kappa shape index (κ3) is 5.60. The quantitative estimate of drug-likeness (QED) is 0.519. The highest BCUT2D eigenvalue weighted by atomic mass is 32.2. The van der Waals surface area contributed by atoms with Crippen molar-refractivity contribution in [3.05, 3.63) is 36.5 Å². The summed E-state index contributed by atoms with van der Waals surface area (Å²) in [6.07, 6.45) is 2.60. The SMILES string of the molecule is COc1cc(Nc2cc(NC(C)=O)ncc2-c2ccc3c(n2)OCC(C)(C)O3)nc(S(C)(=O)=O)c1. The predicted octanol–water partition coefficient (Wildman–Crippen LogP) is 3.20. The molecular weight excluding hydrogens is 474 g/mol. The van der Waals surface area contributed by atoms with Gasteiger partial charge in [0.25, 0.3) is 5.88 Å². The van der Waals surface area contributed by atoms with Crippen LogP contribution in [-0.2, 0) is 14.6 Å². The van der Waals surface area contributed by atoms with Crippen LogP contribution in [0.2, 0.25) is 0 Å². The van der Waals surface area contributed by atoms with Gasteiger partial charge in [0.05, 0.1) is 18.5 Å². The van der Waals surface area contributed by atoms with E-state index in [1.807, 2.05) is 13.8 Å². The Bertz CT molecular complexity index is 1410. The van der Waals surface area contributed by atoms with Crippen molar-refractivity contribution < 1.29 is 27.4 Å². The number of aromatic nitrogens is 3. The Kier molecular flexibility index (Phi) is 6.24. The Balaban J connectivity index is 1.79. The van der Waals surface area contributed by atoms with Gasteiger partial charge in [0, 0.05) is 43.1 Å². The van der Waals surface area contributed by atoms with Crippen LogP contribution in [0.1, 0.15) is 20.8 Å². The third-order valence-electron chi connectivity index (χ3n) is 4.91. The molecule has 1 aliphatic heterocycles. The van der Waals surface area contributed by atoms with Crippen LogP contribution in [0.15, 0.2) is 41.6 Å². The van der Waals surface area contributed by atoms with Gasteiger partial charge in [-0.15, -0.1) is 0 Å². The lowest BCUT2D eigenvalue weighted by atomic mass is 10.1. The van der Waals surface area contributed by atoms with Gasteiger partial charge >= 0.3 is 0 Å². The molecule has 3 aromatic rings. The van der Waals surface area contributed by atoms with Crippen LogP contribution in [0.25, 0.3) is 11.3 Å². The average Bonchev–Trinajstić information content (AvgIpc) is 2.77. The number of sulfone groups is 1. The Morgan fingerprint density at radius 2 is 1.91 bits per heavy atom. The summed E-state index contributed by atoms with van der Waals surface area (Å²) in [5.74, 6) is 1.38. The zero-order chi connectivity index (χ0) is 25.4. The second-order valence-corrected chi connectivity index (χ2v) is 10.5. The van der Waals surface area contributed by atoms with Crippen LogP contribution < -0.4 is 24.8 Å². The zero-order valence-electron chi connectivity index (χ0n) is 19.9. The van der Waals surface area contributed by atoms with Crippen molar-refractivity contribution >= 4 is 33.1 Å². The number of carbonyl (C=O) groups is 1. The number of methoxy groups -OCH3 is 1. The summed E-state index contributed by atoms with van der Waals surface area (Å²) in [6.45, 7) is 5.54. The van der Waals surface area contributed by atoms with E-state index in [0.717, 1.165) is 6.26 Å². The van der Waals surface area contributed by atoms with E-state index < -0.39 is 15.4 Å². The van der Waals surface area contributed by atoms with E-state index in [1.165, 1.54) is 26.3 Å². The maximum atomic E-state index is 12.1. The highest BCUT2D eigenvalue weighted by molar-refractivity contribution is 7.90. The molecule has 35 heavy (non-hydrogen) atoms. The van der Waals surface area contributed by atoms with Gasteiger partial charge in [-0.05, 0) is 26.0 Å². The molecular formula is C23H25N5O6S. The van der Waals surface area contributed by atoms with E-state index in [2.05, 4.69) is 25.6 Å². The predicted molar refractivity (Wildman–Crippen MR) is 129 cm³/mol. The van der Waals surface area contributed by atoms with Crippen molar-refractivity contribution in [1.29, 1.82) is 0 Å². The molecule has 1 amide bonds. The lowest BCUT2D eigenvalue weighted by Gasteiger charge is -2.31. The maximum absolute atomic E-state index is 12.1. The summed E-state index contributed by atoms with van der Waals surface area (Å²) in [6, 6.07) is 8.00. The number of nitrogens with one attached hydrogen (secondary N) is 2. The van der Waals surface area contributed by atoms with Crippen LogP contribution in [0.4, 0.5) is 17.3 Å². The van der Waals surface area contributed by atoms with E-state index in [-0.39, 0.29) is 22.6 Å². The maximum Gasteiger partial charge on any atom is 0.257 e. The molecule has 0 atom stereocenters. The second kappa shape index (κ2) is 9.02. The van der Waals surface area contributed by atoms with Crippen molar-refractivity contribution in [3.8, 4) is 28.6 Å². The minimum absolute atomic E-state index is 0.155. The molecule has 0 aliphatic carbocycles. The van der Waals surface area contributed by atoms with E-state index in [0.29, 0.717) is 40.9 Å². The number of ether oxygens (including phenoxy) is 3. The Labute approximate surface area is 202 Å². The van der Waals surface area contributed by atoms with Gasteiger partial charge in [-0.25, -0.2) is 23.4 Å². The number of hydrogen-bond donors (Lipinski definition) is 2.